The fourth-order valence-electron chi connectivity index (χ4n) is 2.24. The minimum absolute atomic E-state index is 0. The number of aromatic nitrogens is 2. The Balaban J connectivity index is 0.00000120. The second-order valence-electron chi connectivity index (χ2n) is 4.45. The van der Waals surface area contributed by atoms with Crippen molar-refractivity contribution in [1.29, 1.82) is 0 Å². The molecule has 1 aliphatic heterocycles. The second kappa shape index (κ2) is 5.87. The van der Waals surface area contributed by atoms with E-state index < -0.39 is 0 Å². The van der Waals surface area contributed by atoms with Crippen LogP contribution in [0.2, 0.25) is 0 Å². The zero-order chi connectivity index (χ0) is 11.5. The molecule has 2 aromatic rings. The number of hydrogen-bond donors (Lipinski definition) is 1. The molecule has 0 radical (unpaired) electrons. The van der Waals surface area contributed by atoms with E-state index in [1.807, 2.05) is 30.7 Å². The van der Waals surface area contributed by atoms with Crippen LogP contribution in [0.15, 0.2) is 29.4 Å². The predicted molar refractivity (Wildman–Crippen MR) is 76.9 cm³/mol. The highest BCUT2D eigenvalue weighted by molar-refractivity contribution is 5.89. The Bertz CT molecular complexity index is 529. The largest absolute Gasteiger partial charge is 0.363 e. The minimum atomic E-state index is 0. The van der Waals surface area contributed by atoms with Gasteiger partial charge in [-0.05, 0) is 25.3 Å². The summed E-state index contributed by atoms with van der Waals surface area (Å²) in [6, 6.07) is 6.07. The van der Waals surface area contributed by atoms with E-state index in [-0.39, 0.29) is 12.4 Å². The van der Waals surface area contributed by atoms with Crippen LogP contribution in [0.25, 0.3) is 10.9 Å². The summed E-state index contributed by atoms with van der Waals surface area (Å²) >= 11 is 0. The molecule has 0 spiro atoms. The van der Waals surface area contributed by atoms with Gasteiger partial charge in [0.05, 0.1) is 23.7 Å². The lowest BCUT2D eigenvalue weighted by Crippen LogP contribution is -2.27. The van der Waals surface area contributed by atoms with E-state index in [4.69, 9.17) is 0 Å². The molecule has 0 saturated carbocycles. The number of hydrogen-bond acceptors (Lipinski definition) is 2. The maximum Gasteiger partial charge on any atom is 0.0913 e. The summed E-state index contributed by atoms with van der Waals surface area (Å²) in [5.41, 5.74) is 1.98. The van der Waals surface area contributed by atoms with Crippen molar-refractivity contribution < 1.29 is 0 Å². The molecule has 0 amide bonds. The van der Waals surface area contributed by atoms with Gasteiger partial charge in [0.2, 0.25) is 0 Å². The van der Waals surface area contributed by atoms with Crippen LogP contribution in [0.3, 0.4) is 0 Å². The third-order valence-corrected chi connectivity index (χ3v) is 3.21. The highest BCUT2D eigenvalue weighted by Crippen LogP contribution is 2.23. The number of aliphatic imine (C=N–C) groups is 1. The van der Waals surface area contributed by atoms with E-state index in [0.717, 1.165) is 29.7 Å². The summed E-state index contributed by atoms with van der Waals surface area (Å²) in [6.07, 6.45) is 7.70. The number of nitrogens with one attached hydrogen (secondary N) is 1. The molecule has 1 saturated heterocycles. The summed E-state index contributed by atoms with van der Waals surface area (Å²) in [4.78, 5) is 6.85. The van der Waals surface area contributed by atoms with Crippen molar-refractivity contribution in [2.24, 2.45) is 4.99 Å². The molecule has 0 aliphatic carbocycles. The quantitative estimate of drug-likeness (QED) is 0.669. The van der Waals surface area contributed by atoms with E-state index in [1.54, 1.807) is 0 Å². The number of para-hydroxylation sites is 1. The lowest BCUT2D eigenvalue weighted by Gasteiger charge is -2.23. The molecule has 2 heterocycles. The van der Waals surface area contributed by atoms with Gasteiger partial charge in [-0.1, -0.05) is 12.1 Å². The van der Waals surface area contributed by atoms with Gasteiger partial charge in [-0.15, -0.1) is 12.4 Å². The maximum atomic E-state index is 4.56. The number of H-pyrrole nitrogens is 1. The Kier molecular flexibility index (Phi) is 4.20. The van der Waals surface area contributed by atoms with Gasteiger partial charge in [0.25, 0.3) is 0 Å². The fraction of sp³-hybridized carbons (Fsp3) is 0.385. The Morgan fingerprint density at radius 3 is 2.89 bits per heavy atom. The van der Waals surface area contributed by atoms with Crippen molar-refractivity contribution in [1.82, 2.24) is 15.1 Å². The standard InChI is InChI=1S/C13H16N4.ClH/c1-2-7-17(8-3-1)10-14-12-6-4-5-11-9-15-16-13(11)12;/h4-6,9-10H,1-3,7-8H2,(H,15,16);1H. The average Bonchev–Trinajstić information content (AvgIpc) is 2.86. The Morgan fingerprint density at radius 2 is 2.06 bits per heavy atom. The molecular weight excluding hydrogens is 248 g/mol. The number of nitrogens with zero attached hydrogens (tertiary/aromatic N) is 3. The Labute approximate surface area is 113 Å². The van der Waals surface area contributed by atoms with Crippen LogP contribution in [0, 0.1) is 0 Å². The molecule has 1 aromatic heterocycles. The van der Waals surface area contributed by atoms with Gasteiger partial charge in [0, 0.05) is 18.5 Å². The van der Waals surface area contributed by atoms with Crippen LogP contribution in [0.1, 0.15) is 19.3 Å². The van der Waals surface area contributed by atoms with Gasteiger partial charge >= 0.3 is 0 Å². The van der Waals surface area contributed by atoms with E-state index >= 15 is 0 Å². The highest BCUT2D eigenvalue weighted by atomic mass is 35.5. The number of likely N-dealkylation sites (tertiary alicyclic amines) is 1. The number of benzene rings is 1. The first kappa shape index (κ1) is 12.9. The van der Waals surface area contributed by atoms with Crippen LogP contribution < -0.4 is 0 Å². The van der Waals surface area contributed by atoms with Gasteiger partial charge in [-0.3, -0.25) is 5.10 Å². The third kappa shape index (κ3) is 2.64. The molecule has 4 nitrogen and oxygen atoms in total. The smallest absolute Gasteiger partial charge is 0.0913 e. The number of fused-ring (bicyclic) bond motifs is 1. The molecule has 1 N–H and O–H groups in total. The van der Waals surface area contributed by atoms with Crippen LogP contribution >= 0.6 is 12.4 Å². The van der Waals surface area contributed by atoms with Crippen molar-refractivity contribution in [2.45, 2.75) is 19.3 Å². The summed E-state index contributed by atoms with van der Waals surface area (Å²) in [5, 5.41) is 8.15. The summed E-state index contributed by atoms with van der Waals surface area (Å²) < 4.78 is 0. The van der Waals surface area contributed by atoms with E-state index in [0.29, 0.717) is 0 Å². The van der Waals surface area contributed by atoms with E-state index in [9.17, 15) is 0 Å². The van der Waals surface area contributed by atoms with E-state index in [1.165, 1.54) is 19.3 Å². The molecule has 1 aliphatic rings. The third-order valence-electron chi connectivity index (χ3n) is 3.21. The topological polar surface area (TPSA) is 44.3 Å². The van der Waals surface area contributed by atoms with Gasteiger partial charge in [-0.2, -0.15) is 5.10 Å². The minimum Gasteiger partial charge on any atom is -0.363 e. The molecule has 5 heteroatoms. The normalized spacial score (nSPS) is 16.1. The Morgan fingerprint density at radius 1 is 1.22 bits per heavy atom. The summed E-state index contributed by atoms with van der Waals surface area (Å²) in [6.45, 7) is 2.25. The van der Waals surface area contributed by atoms with Crippen LogP contribution in [-0.2, 0) is 0 Å². The van der Waals surface area contributed by atoms with Crippen LogP contribution in [0.4, 0.5) is 5.69 Å². The number of aromatic amines is 1. The molecule has 0 atom stereocenters. The first-order valence-corrected chi connectivity index (χ1v) is 6.14. The predicted octanol–water partition coefficient (Wildman–Crippen LogP) is 3.13. The van der Waals surface area contributed by atoms with Gasteiger partial charge in [0.1, 0.15) is 0 Å². The van der Waals surface area contributed by atoms with Crippen molar-refractivity contribution in [2.75, 3.05) is 13.1 Å². The molecule has 96 valence electrons. The van der Waals surface area contributed by atoms with Crippen molar-refractivity contribution in [3.8, 4) is 0 Å². The second-order valence-corrected chi connectivity index (χ2v) is 4.45. The zero-order valence-electron chi connectivity index (χ0n) is 10.2. The van der Waals surface area contributed by atoms with E-state index in [2.05, 4.69) is 20.1 Å². The first-order valence-electron chi connectivity index (χ1n) is 6.14. The van der Waals surface area contributed by atoms with Gasteiger partial charge < -0.3 is 4.90 Å². The highest BCUT2D eigenvalue weighted by Gasteiger charge is 2.06. The summed E-state index contributed by atoms with van der Waals surface area (Å²) in [5.74, 6) is 0. The molecular formula is C13H17ClN4. The lowest BCUT2D eigenvalue weighted by atomic mass is 10.1. The maximum absolute atomic E-state index is 4.56. The van der Waals surface area contributed by atoms with Crippen molar-refractivity contribution in [3.63, 3.8) is 0 Å². The SMILES string of the molecule is C(=Nc1cccc2cn[nH]c12)N1CCCCC1.Cl. The first-order chi connectivity index (χ1) is 8.43. The Hall–Kier alpha value is -1.55. The number of halogens is 1. The van der Waals surface area contributed by atoms with Gasteiger partial charge in [0.15, 0.2) is 0 Å². The van der Waals surface area contributed by atoms with Gasteiger partial charge in [-0.25, -0.2) is 4.99 Å². The zero-order valence-corrected chi connectivity index (χ0v) is 11.0. The fourth-order valence-corrected chi connectivity index (χ4v) is 2.24. The van der Waals surface area contributed by atoms with Crippen LogP contribution in [0.5, 0.6) is 0 Å². The monoisotopic (exact) mass is 264 g/mol. The lowest BCUT2D eigenvalue weighted by molar-refractivity contribution is 0.351. The number of piperidine rings is 1. The molecule has 1 aromatic carbocycles. The molecule has 0 bridgehead atoms. The molecule has 0 unspecified atom stereocenters. The number of rotatable bonds is 2. The van der Waals surface area contributed by atoms with Crippen LogP contribution in [-0.4, -0.2) is 34.5 Å². The molecule has 1 fully saturated rings. The average molecular weight is 265 g/mol. The van der Waals surface area contributed by atoms with Crippen molar-refractivity contribution in [3.05, 3.63) is 24.4 Å². The molecule has 3 rings (SSSR count). The summed E-state index contributed by atoms with van der Waals surface area (Å²) in [7, 11) is 0. The molecule has 18 heavy (non-hydrogen) atoms. The van der Waals surface area contributed by atoms with Crippen molar-refractivity contribution >= 4 is 35.3 Å².